The molecule has 1 aromatic rings. The number of amides is 1. The zero-order chi connectivity index (χ0) is 11.3. The van der Waals surface area contributed by atoms with Crippen LogP contribution in [-0.2, 0) is 9.59 Å². The van der Waals surface area contributed by atoms with E-state index in [2.05, 4.69) is 5.32 Å². The lowest BCUT2D eigenvalue weighted by Crippen LogP contribution is -2.12. The highest BCUT2D eigenvalue weighted by atomic mass is 16.4. The molecule has 0 saturated heterocycles. The van der Waals surface area contributed by atoms with E-state index in [0.29, 0.717) is 5.69 Å². The van der Waals surface area contributed by atoms with E-state index in [0.717, 1.165) is 5.56 Å². The molecule has 4 heteroatoms. The van der Waals surface area contributed by atoms with E-state index in [-0.39, 0.29) is 18.7 Å². The highest BCUT2D eigenvalue weighted by Gasteiger charge is 2.05. The van der Waals surface area contributed by atoms with Gasteiger partial charge in [-0.05, 0) is 19.1 Å². The van der Waals surface area contributed by atoms with Crippen molar-refractivity contribution in [2.24, 2.45) is 0 Å². The minimum atomic E-state index is -0.964. The van der Waals surface area contributed by atoms with Crippen molar-refractivity contribution in [1.29, 1.82) is 0 Å². The monoisotopic (exact) mass is 207 g/mol. The molecule has 15 heavy (non-hydrogen) atoms. The first-order chi connectivity index (χ1) is 7.08. The predicted octanol–water partition coefficient (Wildman–Crippen LogP) is 1.80. The highest BCUT2D eigenvalue weighted by Crippen LogP contribution is 2.09. The lowest BCUT2D eigenvalue weighted by molar-refractivity contribution is -0.138. The molecule has 4 nitrogen and oxygen atoms in total. The Balaban J connectivity index is 2.44. The summed E-state index contributed by atoms with van der Waals surface area (Å²) in [6.45, 7) is 1.95. The molecule has 0 aromatic heterocycles. The second kappa shape index (κ2) is 5.14. The van der Waals surface area contributed by atoms with Crippen LogP contribution in [0.2, 0.25) is 0 Å². The first kappa shape index (κ1) is 11.2. The van der Waals surface area contributed by atoms with E-state index in [1.165, 1.54) is 0 Å². The minimum absolute atomic E-state index is 0.00318. The molecule has 0 fully saturated rings. The van der Waals surface area contributed by atoms with Crippen molar-refractivity contribution in [2.45, 2.75) is 19.8 Å². The summed E-state index contributed by atoms with van der Waals surface area (Å²) in [4.78, 5) is 21.4. The molecule has 80 valence electrons. The number of carbonyl (C=O) groups is 2. The number of carboxylic acids is 1. The topological polar surface area (TPSA) is 66.4 Å². The van der Waals surface area contributed by atoms with Gasteiger partial charge in [-0.1, -0.05) is 17.7 Å². The van der Waals surface area contributed by atoms with Gasteiger partial charge in [-0.15, -0.1) is 0 Å². The van der Waals surface area contributed by atoms with Crippen LogP contribution in [0.15, 0.2) is 24.3 Å². The van der Waals surface area contributed by atoms with E-state index in [9.17, 15) is 9.59 Å². The fourth-order valence-electron chi connectivity index (χ4n) is 1.08. The summed E-state index contributed by atoms with van der Waals surface area (Å²) >= 11 is 0. The lowest BCUT2D eigenvalue weighted by Gasteiger charge is -2.03. The Morgan fingerprint density at radius 3 is 2.33 bits per heavy atom. The number of aryl methyl sites for hydroxylation is 1. The summed E-state index contributed by atoms with van der Waals surface area (Å²) in [7, 11) is 0. The van der Waals surface area contributed by atoms with Gasteiger partial charge in [0.25, 0.3) is 0 Å². The third kappa shape index (κ3) is 4.26. The highest BCUT2D eigenvalue weighted by molar-refractivity contribution is 5.92. The lowest BCUT2D eigenvalue weighted by atomic mass is 10.2. The van der Waals surface area contributed by atoms with Gasteiger partial charge in [-0.3, -0.25) is 9.59 Å². The van der Waals surface area contributed by atoms with Gasteiger partial charge in [-0.25, -0.2) is 0 Å². The van der Waals surface area contributed by atoms with Gasteiger partial charge in [0.05, 0.1) is 6.42 Å². The molecule has 0 radical (unpaired) electrons. The molecule has 0 atom stereocenters. The van der Waals surface area contributed by atoms with E-state index < -0.39 is 5.97 Å². The number of anilines is 1. The second-order valence-electron chi connectivity index (χ2n) is 3.31. The normalized spacial score (nSPS) is 9.67. The first-order valence-corrected chi connectivity index (χ1v) is 4.66. The predicted molar refractivity (Wildman–Crippen MR) is 56.7 cm³/mol. The van der Waals surface area contributed by atoms with Crippen molar-refractivity contribution in [3.8, 4) is 0 Å². The summed E-state index contributed by atoms with van der Waals surface area (Å²) in [6.07, 6.45) is -0.138. The molecule has 0 heterocycles. The maximum absolute atomic E-state index is 11.2. The number of hydrogen-bond donors (Lipinski definition) is 2. The molecule has 1 amide bonds. The maximum atomic E-state index is 11.2. The fraction of sp³-hybridized carbons (Fsp3) is 0.273. The molecule has 0 unspecified atom stereocenters. The third-order valence-electron chi connectivity index (χ3n) is 1.90. The number of nitrogens with one attached hydrogen (secondary N) is 1. The van der Waals surface area contributed by atoms with Crippen LogP contribution in [0, 0.1) is 6.92 Å². The molecular formula is C11H13NO3. The van der Waals surface area contributed by atoms with Crippen molar-refractivity contribution in [1.82, 2.24) is 0 Å². The van der Waals surface area contributed by atoms with Gasteiger partial charge in [-0.2, -0.15) is 0 Å². The standard InChI is InChI=1S/C11H13NO3/c1-8-2-4-9(5-3-8)12-10(13)6-7-11(14)15/h2-5H,6-7H2,1H3,(H,12,13)(H,14,15). The molecule has 0 bridgehead atoms. The zero-order valence-corrected chi connectivity index (χ0v) is 8.49. The van der Waals surface area contributed by atoms with E-state index in [1.807, 2.05) is 19.1 Å². The smallest absolute Gasteiger partial charge is 0.303 e. The fourth-order valence-corrected chi connectivity index (χ4v) is 1.08. The average Bonchev–Trinajstić information content (AvgIpc) is 2.19. The number of hydrogen-bond acceptors (Lipinski definition) is 2. The number of carbonyl (C=O) groups excluding carboxylic acids is 1. The zero-order valence-electron chi connectivity index (χ0n) is 8.49. The first-order valence-electron chi connectivity index (χ1n) is 4.66. The SMILES string of the molecule is Cc1ccc(NC(=O)CCC(=O)O)cc1. The summed E-state index contributed by atoms with van der Waals surface area (Å²) in [5, 5.41) is 11.0. The van der Waals surface area contributed by atoms with E-state index >= 15 is 0 Å². The van der Waals surface area contributed by atoms with Crippen LogP contribution in [0.25, 0.3) is 0 Å². The molecule has 1 aromatic carbocycles. The van der Waals surface area contributed by atoms with Crippen LogP contribution in [-0.4, -0.2) is 17.0 Å². The Labute approximate surface area is 87.9 Å². The molecule has 1 rings (SSSR count). The van der Waals surface area contributed by atoms with Crippen LogP contribution in [0.1, 0.15) is 18.4 Å². The van der Waals surface area contributed by atoms with Crippen LogP contribution in [0.4, 0.5) is 5.69 Å². The molecule has 2 N–H and O–H groups in total. The molecule has 0 spiro atoms. The molecule has 0 aliphatic heterocycles. The molecule has 0 saturated carbocycles. The Hall–Kier alpha value is -1.84. The summed E-state index contributed by atoms with van der Waals surface area (Å²) in [5.74, 6) is -1.24. The Morgan fingerprint density at radius 2 is 1.80 bits per heavy atom. The van der Waals surface area contributed by atoms with Crippen LogP contribution in [0.5, 0.6) is 0 Å². The number of benzene rings is 1. The van der Waals surface area contributed by atoms with Gasteiger partial charge >= 0.3 is 5.97 Å². The van der Waals surface area contributed by atoms with Gasteiger partial charge in [0, 0.05) is 12.1 Å². The largest absolute Gasteiger partial charge is 0.481 e. The van der Waals surface area contributed by atoms with E-state index in [1.54, 1.807) is 12.1 Å². The third-order valence-corrected chi connectivity index (χ3v) is 1.90. The molecule has 0 aliphatic carbocycles. The van der Waals surface area contributed by atoms with Gasteiger partial charge in [0.15, 0.2) is 0 Å². The summed E-state index contributed by atoms with van der Waals surface area (Å²) < 4.78 is 0. The number of aliphatic carboxylic acids is 1. The quantitative estimate of drug-likeness (QED) is 0.791. The molecular weight excluding hydrogens is 194 g/mol. The number of rotatable bonds is 4. The Morgan fingerprint density at radius 1 is 1.20 bits per heavy atom. The minimum Gasteiger partial charge on any atom is -0.481 e. The molecule has 0 aliphatic rings. The van der Waals surface area contributed by atoms with Gasteiger partial charge in [0.2, 0.25) is 5.91 Å². The van der Waals surface area contributed by atoms with Crippen LogP contribution >= 0.6 is 0 Å². The Bertz CT molecular complexity index is 357. The second-order valence-corrected chi connectivity index (χ2v) is 3.31. The average molecular weight is 207 g/mol. The maximum Gasteiger partial charge on any atom is 0.303 e. The summed E-state index contributed by atoms with van der Waals surface area (Å²) in [6, 6.07) is 7.33. The van der Waals surface area contributed by atoms with Crippen molar-refractivity contribution < 1.29 is 14.7 Å². The van der Waals surface area contributed by atoms with Crippen molar-refractivity contribution in [3.05, 3.63) is 29.8 Å². The number of carboxylic acid groups (broad SMARTS) is 1. The van der Waals surface area contributed by atoms with Crippen molar-refractivity contribution in [3.63, 3.8) is 0 Å². The van der Waals surface area contributed by atoms with Gasteiger partial charge < -0.3 is 10.4 Å². The van der Waals surface area contributed by atoms with Crippen molar-refractivity contribution >= 4 is 17.6 Å². The van der Waals surface area contributed by atoms with E-state index in [4.69, 9.17) is 5.11 Å². The van der Waals surface area contributed by atoms with Crippen LogP contribution < -0.4 is 5.32 Å². The van der Waals surface area contributed by atoms with Crippen LogP contribution in [0.3, 0.4) is 0 Å². The Kier molecular flexibility index (Phi) is 3.85. The van der Waals surface area contributed by atoms with Crippen molar-refractivity contribution in [2.75, 3.05) is 5.32 Å². The summed E-state index contributed by atoms with van der Waals surface area (Å²) in [5.41, 5.74) is 1.80. The van der Waals surface area contributed by atoms with Gasteiger partial charge in [0.1, 0.15) is 0 Å².